The van der Waals surface area contributed by atoms with Gasteiger partial charge in [0.15, 0.2) is 17.1 Å². The van der Waals surface area contributed by atoms with Crippen LogP contribution in [0.5, 0.6) is 17.2 Å². The van der Waals surface area contributed by atoms with Crippen LogP contribution in [0, 0.1) is 0 Å². The lowest BCUT2D eigenvalue weighted by molar-refractivity contribution is 0.324. The molecule has 5 rings (SSSR count). The molecule has 0 aliphatic rings. The minimum absolute atomic E-state index is 0.0854. The number of anilines is 2. The molecular formula is C24H20BrN5O5S. The van der Waals surface area contributed by atoms with Crippen molar-refractivity contribution in [2.75, 3.05) is 26.6 Å². The molecule has 184 valence electrons. The normalized spacial score (nSPS) is 11.6. The number of halogens is 1. The Kier molecular flexibility index (Phi) is 6.14. The van der Waals surface area contributed by atoms with E-state index in [4.69, 9.17) is 14.2 Å². The minimum Gasteiger partial charge on any atom is -0.493 e. The fraction of sp³-hybridized carbons (Fsp3) is 0.125. The van der Waals surface area contributed by atoms with Gasteiger partial charge in [0.25, 0.3) is 0 Å². The molecule has 2 aromatic heterocycles. The largest absolute Gasteiger partial charge is 0.493 e. The number of para-hydroxylation sites is 1. The van der Waals surface area contributed by atoms with Gasteiger partial charge < -0.3 is 19.5 Å². The van der Waals surface area contributed by atoms with E-state index in [1.54, 1.807) is 24.3 Å². The zero-order valence-corrected chi connectivity index (χ0v) is 21.8. The van der Waals surface area contributed by atoms with Crippen molar-refractivity contribution in [1.82, 2.24) is 19.8 Å². The van der Waals surface area contributed by atoms with Crippen molar-refractivity contribution in [2.24, 2.45) is 0 Å². The van der Waals surface area contributed by atoms with Crippen LogP contribution in [0.25, 0.3) is 16.6 Å². The SMILES string of the molecule is COc1cc(Nc2nc3c(S(=O)(=O)c4ccc(Br)cc4)nnn3c3ccccc23)cc(OC)c1OC. The Morgan fingerprint density at radius 3 is 2.22 bits per heavy atom. The third-order valence-corrected chi connectivity index (χ3v) is 7.72. The van der Waals surface area contributed by atoms with E-state index in [1.807, 2.05) is 24.3 Å². The van der Waals surface area contributed by atoms with E-state index in [-0.39, 0.29) is 15.6 Å². The highest BCUT2D eigenvalue weighted by atomic mass is 79.9. The van der Waals surface area contributed by atoms with Gasteiger partial charge in [-0.05, 0) is 36.4 Å². The van der Waals surface area contributed by atoms with E-state index in [9.17, 15) is 8.42 Å². The summed E-state index contributed by atoms with van der Waals surface area (Å²) < 4.78 is 45.3. The molecular weight excluding hydrogens is 550 g/mol. The summed E-state index contributed by atoms with van der Waals surface area (Å²) in [7, 11) is 0.586. The highest BCUT2D eigenvalue weighted by molar-refractivity contribution is 9.10. The second kappa shape index (κ2) is 9.28. The van der Waals surface area contributed by atoms with Gasteiger partial charge >= 0.3 is 0 Å². The maximum Gasteiger partial charge on any atom is 0.229 e. The molecule has 10 nitrogen and oxygen atoms in total. The summed E-state index contributed by atoms with van der Waals surface area (Å²) in [5, 5.41) is 11.8. The van der Waals surface area contributed by atoms with Crippen LogP contribution in [0.1, 0.15) is 0 Å². The highest BCUT2D eigenvalue weighted by Gasteiger charge is 2.27. The van der Waals surface area contributed by atoms with E-state index >= 15 is 0 Å². The number of hydrogen-bond donors (Lipinski definition) is 1. The van der Waals surface area contributed by atoms with E-state index in [2.05, 4.69) is 36.5 Å². The summed E-state index contributed by atoms with van der Waals surface area (Å²) in [5.74, 6) is 1.76. The number of hydrogen-bond acceptors (Lipinski definition) is 9. The second-order valence-corrected chi connectivity index (χ2v) is 10.4. The number of nitrogens with zero attached hydrogens (tertiary/aromatic N) is 4. The summed E-state index contributed by atoms with van der Waals surface area (Å²) >= 11 is 3.33. The Labute approximate surface area is 214 Å². The van der Waals surface area contributed by atoms with Gasteiger partial charge in [0.05, 0.1) is 31.7 Å². The Bertz CT molecular complexity index is 1680. The molecule has 1 N–H and O–H groups in total. The summed E-state index contributed by atoms with van der Waals surface area (Å²) in [5.41, 5.74) is 1.31. The molecule has 0 aliphatic heterocycles. The van der Waals surface area contributed by atoms with Crippen molar-refractivity contribution in [2.45, 2.75) is 9.92 Å². The van der Waals surface area contributed by atoms with Gasteiger partial charge in [0, 0.05) is 27.7 Å². The molecule has 3 aromatic carbocycles. The van der Waals surface area contributed by atoms with E-state index < -0.39 is 9.84 Å². The lowest BCUT2D eigenvalue weighted by Gasteiger charge is -2.16. The van der Waals surface area contributed by atoms with Gasteiger partial charge in [-0.25, -0.2) is 13.4 Å². The fourth-order valence-corrected chi connectivity index (χ4v) is 5.33. The quantitative estimate of drug-likeness (QED) is 0.299. The zero-order chi connectivity index (χ0) is 25.4. The number of aromatic nitrogens is 4. The topological polar surface area (TPSA) is 117 Å². The second-order valence-electron chi connectivity index (χ2n) is 7.60. The predicted octanol–water partition coefficient (Wildman–Crippen LogP) is 4.64. The zero-order valence-electron chi connectivity index (χ0n) is 19.4. The lowest BCUT2D eigenvalue weighted by Crippen LogP contribution is -2.06. The molecule has 0 unspecified atom stereocenters. The van der Waals surface area contributed by atoms with Gasteiger partial charge in [-0.1, -0.05) is 33.3 Å². The van der Waals surface area contributed by atoms with Crippen molar-refractivity contribution in [3.05, 3.63) is 65.1 Å². The first-order chi connectivity index (χ1) is 17.4. The smallest absolute Gasteiger partial charge is 0.229 e. The van der Waals surface area contributed by atoms with Gasteiger partial charge in [0.2, 0.25) is 20.6 Å². The number of methoxy groups -OCH3 is 3. The number of rotatable bonds is 7. The van der Waals surface area contributed by atoms with Crippen LogP contribution >= 0.6 is 15.9 Å². The average molecular weight is 570 g/mol. The first kappa shape index (κ1) is 23.8. The van der Waals surface area contributed by atoms with Crippen molar-refractivity contribution >= 4 is 53.8 Å². The minimum atomic E-state index is -3.99. The summed E-state index contributed by atoms with van der Waals surface area (Å²) in [4.78, 5) is 4.73. The van der Waals surface area contributed by atoms with E-state index in [0.29, 0.717) is 39.7 Å². The van der Waals surface area contributed by atoms with E-state index in [1.165, 1.54) is 38.0 Å². The Morgan fingerprint density at radius 1 is 0.917 bits per heavy atom. The average Bonchev–Trinajstić information content (AvgIpc) is 3.33. The molecule has 0 bridgehead atoms. The van der Waals surface area contributed by atoms with Gasteiger partial charge in [-0.15, -0.1) is 5.10 Å². The molecule has 36 heavy (non-hydrogen) atoms. The Balaban J connectivity index is 1.70. The molecule has 0 amide bonds. The Morgan fingerprint density at radius 2 is 1.58 bits per heavy atom. The van der Waals surface area contributed by atoms with Crippen LogP contribution in [0.3, 0.4) is 0 Å². The number of ether oxygens (including phenoxy) is 3. The van der Waals surface area contributed by atoms with Crippen LogP contribution in [0.2, 0.25) is 0 Å². The standard InChI is InChI=1S/C24H20BrN5O5S/c1-33-19-12-15(13-20(34-2)21(19)35-3)26-22-17-6-4-5-7-18(17)30-23(27-22)24(28-29-30)36(31,32)16-10-8-14(25)9-11-16/h4-13H,1-3H3,(H,26,27). The molecule has 0 saturated heterocycles. The van der Waals surface area contributed by atoms with Crippen molar-refractivity contribution < 1.29 is 22.6 Å². The molecule has 2 heterocycles. The highest BCUT2D eigenvalue weighted by Crippen LogP contribution is 2.41. The predicted molar refractivity (Wildman–Crippen MR) is 137 cm³/mol. The van der Waals surface area contributed by atoms with Crippen molar-refractivity contribution in [3.8, 4) is 17.2 Å². The number of benzene rings is 3. The van der Waals surface area contributed by atoms with Gasteiger partial charge in [0.1, 0.15) is 5.82 Å². The van der Waals surface area contributed by atoms with Gasteiger partial charge in [-0.2, -0.15) is 4.52 Å². The first-order valence-electron chi connectivity index (χ1n) is 10.6. The number of sulfone groups is 1. The maximum absolute atomic E-state index is 13.4. The van der Waals surface area contributed by atoms with Crippen LogP contribution in [-0.2, 0) is 9.84 Å². The molecule has 0 radical (unpaired) electrons. The van der Waals surface area contributed by atoms with Crippen LogP contribution in [0.15, 0.2) is 75.1 Å². The number of fused-ring (bicyclic) bond motifs is 3. The fourth-order valence-electron chi connectivity index (χ4n) is 3.83. The molecule has 5 aromatic rings. The molecule has 0 atom stereocenters. The van der Waals surface area contributed by atoms with Crippen LogP contribution in [0.4, 0.5) is 11.5 Å². The number of nitrogens with one attached hydrogen (secondary N) is 1. The molecule has 0 spiro atoms. The summed E-state index contributed by atoms with van der Waals surface area (Å²) in [6, 6.07) is 17.1. The van der Waals surface area contributed by atoms with Gasteiger partial charge in [-0.3, -0.25) is 0 Å². The summed E-state index contributed by atoms with van der Waals surface area (Å²) in [6.07, 6.45) is 0. The maximum atomic E-state index is 13.4. The van der Waals surface area contributed by atoms with E-state index in [0.717, 1.165) is 4.47 Å². The summed E-state index contributed by atoms with van der Waals surface area (Å²) in [6.45, 7) is 0. The van der Waals surface area contributed by atoms with Crippen LogP contribution in [-0.4, -0.2) is 49.6 Å². The molecule has 0 fully saturated rings. The van der Waals surface area contributed by atoms with Crippen molar-refractivity contribution in [3.63, 3.8) is 0 Å². The third kappa shape index (κ3) is 3.97. The van der Waals surface area contributed by atoms with Crippen LogP contribution < -0.4 is 19.5 Å². The third-order valence-electron chi connectivity index (χ3n) is 5.53. The Hall–Kier alpha value is -3.90. The van der Waals surface area contributed by atoms with Crippen molar-refractivity contribution in [1.29, 1.82) is 0 Å². The molecule has 0 saturated carbocycles. The molecule has 0 aliphatic carbocycles. The first-order valence-corrected chi connectivity index (χ1v) is 12.9. The monoisotopic (exact) mass is 569 g/mol. The molecule has 12 heteroatoms. The lowest BCUT2D eigenvalue weighted by atomic mass is 10.2.